The molecule has 170 valence electrons. The number of carbonyl (C=O) groups is 1. The summed E-state index contributed by atoms with van der Waals surface area (Å²) in [6.45, 7) is 0. The van der Waals surface area contributed by atoms with Crippen molar-refractivity contribution in [3.63, 3.8) is 0 Å². The Labute approximate surface area is 191 Å². The fraction of sp³-hybridized carbons (Fsp3) is 0.381. The fourth-order valence-electron chi connectivity index (χ4n) is 3.83. The minimum absolute atomic E-state index is 0.0177. The van der Waals surface area contributed by atoms with Gasteiger partial charge in [0.1, 0.15) is 0 Å². The van der Waals surface area contributed by atoms with Crippen molar-refractivity contribution in [2.24, 2.45) is 14.7 Å². The zero-order chi connectivity index (χ0) is 23.2. The molecule has 1 saturated carbocycles. The SMILES string of the molecule is CN(C)C(=O)c1cccc(N(C)C2=NS(=O)(=O)N=C2N(C)[C@@H](c2cccs2)C2CC2)c1O. The van der Waals surface area contributed by atoms with Crippen LogP contribution in [0.2, 0.25) is 0 Å². The molecule has 4 rings (SSSR count). The van der Waals surface area contributed by atoms with Crippen LogP contribution in [0.3, 0.4) is 0 Å². The number of rotatable bonds is 5. The van der Waals surface area contributed by atoms with Crippen molar-refractivity contribution in [1.82, 2.24) is 9.80 Å². The first kappa shape index (κ1) is 22.3. The Hall–Kier alpha value is -2.92. The molecule has 1 N–H and O–H groups in total. The second-order valence-electron chi connectivity index (χ2n) is 8.12. The standard InChI is InChI=1S/C21H25N5O4S2/c1-24(2)21(28)14-7-5-8-15(18(14)27)25(3)19-20(23-32(29,30)22-19)26(4)17(13-10-11-13)16-9-6-12-31-16/h5-9,12-13,17,27H,10-11H2,1-4H3/t17-/m1/s1. The lowest BCUT2D eigenvalue weighted by Crippen LogP contribution is -2.43. The summed E-state index contributed by atoms with van der Waals surface area (Å²) < 4.78 is 32.6. The zero-order valence-corrected chi connectivity index (χ0v) is 19.9. The molecule has 0 radical (unpaired) electrons. The Bertz CT molecular complexity index is 1200. The average Bonchev–Trinajstić information content (AvgIpc) is 3.30. The van der Waals surface area contributed by atoms with Gasteiger partial charge >= 0.3 is 10.2 Å². The molecule has 9 nitrogen and oxygen atoms in total. The highest BCUT2D eigenvalue weighted by Crippen LogP contribution is 2.46. The van der Waals surface area contributed by atoms with Crippen molar-refractivity contribution in [2.75, 3.05) is 33.1 Å². The molecule has 0 unspecified atom stereocenters. The van der Waals surface area contributed by atoms with Crippen molar-refractivity contribution < 1.29 is 18.3 Å². The number of hydrogen-bond acceptors (Lipinski definition) is 7. The second-order valence-corrected chi connectivity index (χ2v) is 10.4. The number of carbonyl (C=O) groups excluding carboxylic acids is 1. The van der Waals surface area contributed by atoms with E-state index in [1.807, 2.05) is 29.5 Å². The van der Waals surface area contributed by atoms with Gasteiger partial charge in [0.25, 0.3) is 5.91 Å². The maximum Gasteiger partial charge on any atom is 0.367 e. The van der Waals surface area contributed by atoms with Crippen LogP contribution in [-0.4, -0.2) is 69.1 Å². The van der Waals surface area contributed by atoms with E-state index in [0.717, 1.165) is 17.7 Å². The summed E-state index contributed by atoms with van der Waals surface area (Å²) in [6.07, 6.45) is 2.12. The van der Waals surface area contributed by atoms with Crippen LogP contribution < -0.4 is 4.90 Å². The summed E-state index contributed by atoms with van der Waals surface area (Å²) in [4.78, 5) is 18.2. The number of phenols is 1. The summed E-state index contributed by atoms with van der Waals surface area (Å²) in [5.74, 6) is 0.0996. The number of amidine groups is 2. The first-order chi connectivity index (χ1) is 15.1. The van der Waals surface area contributed by atoms with Gasteiger partial charge in [-0.3, -0.25) is 4.79 Å². The monoisotopic (exact) mass is 475 g/mol. The molecular formula is C21H25N5O4S2. The Balaban J connectivity index is 1.72. The molecule has 0 spiro atoms. The van der Waals surface area contributed by atoms with Crippen LogP contribution in [0.25, 0.3) is 0 Å². The normalized spacial score (nSPS) is 18.0. The van der Waals surface area contributed by atoms with Crippen molar-refractivity contribution in [3.05, 3.63) is 46.2 Å². The lowest BCUT2D eigenvalue weighted by atomic mass is 10.1. The average molecular weight is 476 g/mol. The van der Waals surface area contributed by atoms with E-state index in [2.05, 4.69) is 8.80 Å². The van der Waals surface area contributed by atoms with Gasteiger partial charge in [-0.1, -0.05) is 12.1 Å². The second kappa shape index (κ2) is 8.21. The van der Waals surface area contributed by atoms with Crippen LogP contribution in [0, 0.1) is 5.92 Å². The number of hydrogen-bond donors (Lipinski definition) is 1. The van der Waals surface area contributed by atoms with Gasteiger partial charge in [0.05, 0.1) is 17.3 Å². The van der Waals surface area contributed by atoms with E-state index in [-0.39, 0.29) is 40.6 Å². The number of thiophene rings is 1. The predicted octanol–water partition coefficient (Wildman–Crippen LogP) is 2.73. The summed E-state index contributed by atoms with van der Waals surface area (Å²) in [5, 5.41) is 12.8. The van der Waals surface area contributed by atoms with Crippen LogP contribution in [0.5, 0.6) is 5.75 Å². The van der Waals surface area contributed by atoms with Gasteiger partial charge in [0.15, 0.2) is 17.4 Å². The fourth-order valence-corrected chi connectivity index (χ4v) is 5.68. The lowest BCUT2D eigenvalue weighted by Gasteiger charge is -2.31. The number of benzene rings is 1. The Morgan fingerprint density at radius 3 is 2.38 bits per heavy atom. The molecule has 1 aromatic heterocycles. The number of anilines is 1. The minimum Gasteiger partial charge on any atom is -0.505 e. The van der Waals surface area contributed by atoms with E-state index in [0.29, 0.717) is 5.92 Å². The molecule has 1 aliphatic heterocycles. The smallest absolute Gasteiger partial charge is 0.367 e. The predicted molar refractivity (Wildman–Crippen MR) is 126 cm³/mol. The summed E-state index contributed by atoms with van der Waals surface area (Å²) in [6, 6.07) is 8.75. The molecule has 2 heterocycles. The number of nitrogens with zero attached hydrogens (tertiary/aromatic N) is 5. The Morgan fingerprint density at radius 2 is 1.78 bits per heavy atom. The van der Waals surface area contributed by atoms with Crippen LogP contribution in [0.4, 0.5) is 5.69 Å². The molecule has 0 bridgehead atoms. The van der Waals surface area contributed by atoms with Crippen molar-refractivity contribution >= 4 is 44.8 Å². The summed E-state index contributed by atoms with van der Waals surface area (Å²) in [5.41, 5.74) is 0.371. The van der Waals surface area contributed by atoms with E-state index in [1.165, 1.54) is 15.9 Å². The molecule has 11 heteroatoms. The summed E-state index contributed by atoms with van der Waals surface area (Å²) >= 11 is 1.62. The van der Waals surface area contributed by atoms with E-state index in [1.54, 1.807) is 44.6 Å². The molecular weight excluding hydrogens is 450 g/mol. The highest BCUT2D eigenvalue weighted by atomic mass is 32.2. The van der Waals surface area contributed by atoms with Crippen molar-refractivity contribution in [3.8, 4) is 5.75 Å². The number of phenolic OH excluding ortho intramolecular Hbond substituents is 1. The van der Waals surface area contributed by atoms with Gasteiger partial charge in [-0.25, -0.2) is 0 Å². The molecule has 1 atom stereocenters. The first-order valence-corrected chi connectivity index (χ1v) is 12.4. The number of amides is 1. The molecule has 1 amide bonds. The van der Waals surface area contributed by atoms with Crippen LogP contribution in [-0.2, 0) is 10.2 Å². The molecule has 1 aliphatic carbocycles. The van der Waals surface area contributed by atoms with Crippen LogP contribution >= 0.6 is 11.3 Å². The third-order valence-corrected chi connectivity index (χ3v) is 7.34. The highest BCUT2D eigenvalue weighted by Gasteiger charge is 2.41. The van der Waals surface area contributed by atoms with E-state index in [9.17, 15) is 18.3 Å². The minimum atomic E-state index is -4.06. The highest BCUT2D eigenvalue weighted by molar-refractivity contribution is 7.89. The molecule has 2 aromatic rings. The zero-order valence-electron chi connectivity index (χ0n) is 18.3. The third-order valence-electron chi connectivity index (χ3n) is 5.59. The maximum atomic E-state index is 12.4. The van der Waals surface area contributed by atoms with Crippen molar-refractivity contribution in [2.45, 2.75) is 18.9 Å². The van der Waals surface area contributed by atoms with Gasteiger partial charge in [0.2, 0.25) is 0 Å². The van der Waals surface area contributed by atoms with E-state index in [4.69, 9.17) is 0 Å². The van der Waals surface area contributed by atoms with Gasteiger partial charge < -0.3 is 19.8 Å². The van der Waals surface area contributed by atoms with Crippen molar-refractivity contribution in [1.29, 1.82) is 0 Å². The maximum absolute atomic E-state index is 12.4. The summed E-state index contributed by atoms with van der Waals surface area (Å²) in [7, 11) is 2.53. The van der Waals surface area contributed by atoms with E-state index < -0.39 is 10.2 Å². The quantitative estimate of drug-likeness (QED) is 0.713. The molecule has 1 aromatic carbocycles. The molecule has 2 aliphatic rings. The lowest BCUT2D eigenvalue weighted by molar-refractivity contribution is 0.0824. The Kier molecular flexibility index (Phi) is 5.72. The molecule has 32 heavy (non-hydrogen) atoms. The van der Waals surface area contributed by atoms with Gasteiger partial charge in [-0.2, -0.15) is 8.42 Å². The van der Waals surface area contributed by atoms with E-state index >= 15 is 0 Å². The van der Waals surface area contributed by atoms with Gasteiger partial charge in [-0.05, 0) is 42.3 Å². The van der Waals surface area contributed by atoms with Crippen LogP contribution in [0.15, 0.2) is 44.5 Å². The van der Waals surface area contributed by atoms with Crippen LogP contribution in [0.1, 0.15) is 34.1 Å². The van der Waals surface area contributed by atoms with Gasteiger partial charge in [0, 0.05) is 33.1 Å². The first-order valence-electron chi connectivity index (χ1n) is 10.1. The largest absolute Gasteiger partial charge is 0.505 e. The number of para-hydroxylation sites is 1. The Morgan fingerprint density at radius 1 is 1.09 bits per heavy atom. The third kappa shape index (κ3) is 4.09. The van der Waals surface area contributed by atoms with Gasteiger partial charge in [-0.15, -0.1) is 20.1 Å². The number of aromatic hydroxyl groups is 1. The topological polar surface area (TPSA) is 106 Å². The number of likely N-dealkylation sites (N-methyl/N-ethyl adjacent to an activating group) is 2. The molecule has 1 fully saturated rings. The molecule has 0 saturated heterocycles.